The highest BCUT2D eigenvalue weighted by atomic mass is 32.1. The molecular weight excluding hydrogens is 593 g/mol. The zero-order valence-corrected chi connectivity index (χ0v) is 26.3. The van der Waals surface area contributed by atoms with E-state index in [1.807, 2.05) is 47.7 Å². The van der Waals surface area contributed by atoms with Crippen LogP contribution in [0.3, 0.4) is 0 Å². The van der Waals surface area contributed by atoms with E-state index >= 15 is 0 Å². The summed E-state index contributed by atoms with van der Waals surface area (Å²) in [4.78, 5) is 15.0. The van der Waals surface area contributed by atoms with Crippen molar-refractivity contribution in [3.8, 4) is 0 Å². The van der Waals surface area contributed by atoms with Crippen molar-refractivity contribution in [1.82, 2.24) is 4.57 Å². The lowest BCUT2D eigenvalue weighted by molar-refractivity contribution is 1.03. The largest absolute Gasteiger partial charge is 0.276 e. The van der Waals surface area contributed by atoms with E-state index in [1.165, 1.54) is 41.7 Å². The Balaban J connectivity index is 1.52. The van der Waals surface area contributed by atoms with Crippen molar-refractivity contribution in [2.45, 2.75) is 6.54 Å². The van der Waals surface area contributed by atoms with E-state index in [9.17, 15) is 0 Å². The van der Waals surface area contributed by atoms with Gasteiger partial charge in [-0.05, 0) is 34.5 Å². The second kappa shape index (κ2) is 11.2. The van der Waals surface area contributed by atoms with Crippen LogP contribution in [0.25, 0.3) is 63.5 Å². The Kier molecular flexibility index (Phi) is 6.51. The number of nitrogens with zero attached hydrogens (tertiary/aromatic N) is 4. The Morgan fingerprint density at radius 2 is 1.21 bits per heavy atom. The van der Waals surface area contributed by atoms with Crippen LogP contribution in [0, 0.1) is 0 Å². The molecule has 2 aromatic heterocycles. The van der Waals surface area contributed by atoms with Crippen LogP contribution in [0.1, 0.15) is 11.1 Å². The number of hydrogen-bond acceptors (Lipinski definition) is 2. The molecule has 0 unspecified atom stereocenters. The van der Waals surface area contributed by atoms with Gasteiger partial charge in [-0.1, -0.05) is 140 Å². The first kappa shape index (κ1) is 27.4. The molecule has 47 heavy (non-hydrogen) atoms. The summed E-state index contributed by atoms with van der Waals surface area (Å²) in [6, 6.07) is 51.0. The van der Waals surface area contributed by atoms with E-state index in [2.05, 4.69) is 125 Å². The maximum atomic E-state index is 5.31. The van der Waals surface area contributed by atoms with Gasteiger partial charge in [0.25, 0.3) is 0 Å². The highest BCUT2D eigenvalue weighted by Crippen LogP contribution is 2.48. The molecule has 0 N–H and O–H groups in total. The van der Waals surface area contributed by atoms with Crippen molar-refractivity contribution in [1.29, 1.82) is 0 Å². The van der Waals surface area contributed by atoms with Crippen molar-refractivity contribution < 1.29 is 0 Å². The SMILES string of the molecule is C=N/C(=N\C(=NCc1ccccc1)n1c2c3ccccc3ccc2c2c3ccccc3c3c4ccccc4sc3c21)c1ccccc1. The first-order chi connectivity index (χ1) is 23.3. The van der Waals surface area contributed by atoms with Gasteiger partial charge in [-0.15, -0.1) is 11.3 Å². The van der Waals surface area contributed by atoms with Crippen LogP contribution in [0.4, 0.5) is 0 Å². The maximum Gasteiger partial charge on any atom is 0.232 e. The molecule has 0 aliphatic heterocycles. The molecule has 9 rings (SSSR count). The molecule has 7 aromatic carbocycles. The number of amidine groups is 1. The molecule has 0 saturated carbocycles. The minimum absolute atomic E-state index is 0.466. The molecule has 0 aliphatic carbocycles. The molecule has 0 bridgehead atoms. The number of aromatic nitrogens is 1. The fourth-order valence-electron chi connectivity index (χ4n) is 6.91. The topological polar surface area (TPSA) is 42.0 Å². The molecule has 0 aliphatic rings. The predicted molar refractivity (Wildman–Crippen MR) is 203 cm³/mol. The quantitative estimate of drug-likeness (QED) is 0.139. The Morgan fingerprint density at radius 1 is 0.574 bits per heavy atom. The second-order valence-electron chi connectivity index (χ2n) is 11.7. The molecule has 222 valence electrons. The number of aliphatic imine (C=N–C) groups is 3. The van der Waals surface area contributed by atoms with Gasteiger partial charge in [0.15, 0.2) is 5.84 Å². The molecule has 0 atom stereocenters. The number of benzene rings is 7. The second-order valence-corrected chi connectivity index (χ2v) is 12.7. The zero-order valence-electron chi connectivity index (χ0n) is 25.5. The normalized spacial score (nSPS) is 12.7. The summed E-state index contributed by atoms with van der Waals surface area (Å²) in [5, 5.41) is 9.68. The number of hydrogen-bond donors (Lipinski definition) is 0. The van der Waals surface area contributed by atoms with Gasteiger partial charge in [0.1, 0.15) is 0 Å². The first-order valence-corrected chi connectivity index (χ1v) is 16.5. The lowest BCUT2D eigenvalue weighted by atomic mass is 9.98. The van der Waals surface area contributed by atoms with Crippen molar-refractivity contribution in [3.05, 3.63) is 157 Å². The van der Waals surface area contributed by atoms with Gasteiger partial charge in [0.2, 0.25) is 5.96 Å². The van der Waals surface area contributed by atoms with Crippen molar-refractivity contribution in [3.63, 3.8) is 0 Å². The highest BCUT2D eigenvalue weighted by molar-refractivity contribution is 7.27. The van der Waals surface area contributed by atoms with Crippen LogP contribution in [0.5, 0.6) is 0 Å². The van der Waals surface area contributed by atoms with Crippen LogP contribution >= 0.6 is 11.3 Å². The van der Waals surface area contributed by atoms with Crippen LogP contribution in [0.15, 0.2) is 161 Å². The summed E-state index contributed by atoms with van der Waals surface area (Å²) in [6.07, 6.45) is 0. The molecule has 9 aromatic rings. The molecule has 0 saturated heterocycles. The number of thiophene rings is 1. The van der Waals surface area contributed by atoms with Gasteiger partial charge in [-0.25, -0.2) is 9.98 Å². The lowest BCUT2D eigenvalue weighted by Crippen LogP contribution is -2.13. The average Bonchev–Trinajstić information content (AvgIpc) is 3.70. The molecule has 4 nitrogen and oxygen atoms in total. The Hall–Kier alpha value is -5.91. The fourth-order valence-corrected chi connectivity index (χ4v) is 8.17. The van der Waals surface area contributed by atoms with Crippen LogP contribution in [0.2, 0.25) is 0 Å². The van der Waals surface area contributed by atoms with E-state index in [0.29, 0.717) is 18.3 Å². The highest BCUT2D eigenvalue weighted by Gasteiger charge is 2.24. The van der Waals surface area contributed by atoms with E-state index < -0.39 is 0 Å². The van der Waals surface area contributed by atoms with Crippen LogP contribution in [-0.4, -0.2) is 23.1 Å². The summed E-state index contributed by atoms with van der Waals surface area (Å²) >= 11 is 1.83. The monoisotopic (exact) mass is 620 g/mol. The molecule has 5 heteroatoms. The predicted octanol–water partition coefficient (Wildman–Crippen LogP) is 11.0. The lowest BCUT2D eigenvalue weighted by Gasteiger charge is -2.12. The number of fused-ring (bicyclic) bond motifs is 12. The molecule has 0 spiro atoms. The molecule has 0 fully saturated rings. The Labute approximate surface area is 275 Å². The number of rotatable bonds is 3. The molecule has 0 amide bonds. The van der Waals surface area contributed by atoms with Gasteiger partial charge in [-0.2, -0.15) is 4.99 Å². The standard InChI is InChI=1S/C42H28N4S/c1-43-41(29-17-6-3-7-18-29)45-42(44-26-27-14-4-2-5-15-27)46-38-30-19-9-8-16-28(30)24-25-34(38)36-31-20-10-11-21-32(31)37-33-22-12-13-23-35(33)47-40(37)39(36)46/h2-25H,1,26H2/b44-42?,45-41-. The summed E-state index contributed by atoms with van der Waals surface area (Å²) in [5.74, 6) is 1.10. The van der Waals surface area contributed by atoms with Gasteiger partial charge < -0.3 is 0 Å². The van der Waals surface area contributed by atoms with E-state index in [1.54, 1.807) is 0 Å². The summed E-state index contributed by atoms with van der Waals surface area (Å²) in [7, 11) is 0. The average molecular weight is 621 g/mol. The molecule has 0 radical (unpaired) electrons. The van der Waals surface area contributed by atoms with E-state index in [4.69, 9.17) is 9.98 Å². The van der Waals surface area contributed by atoms with E-state index in [-0.39, 0.29) is 0 Å². The summed E-state index contributed by atoms with van der Waals surface area (Å²) in [6.45, 7) is 4.41. The summed E-state index contributed by atoms with van der Waals surface area (Å²) < 4.78 is 4.77. The first-order valence-electron chi connectivity index (χ1n) is 15.7. The third-order valence-corrected chi connectivity index (χ3v) is 10.1. The van der Waals surface area contributed by atoms with Crippen LogP contribution < -0.4 is 0 Å². The Bertz CT molecular complexity index is 2720. The Morgan fingerprint density at radius 3 is 1.98 bits per heavy atom. The third kappa shape index (κ3) is 4.39. The summed E-state index contributed by atoms with van der Waals surface area (Å²) in [5.41, 5.74) is 4.19. The van der Waals surface area contributed by atoms with E-state index in [0.717, 1.165) is 32.9 Å². The molecular formula is C42H28N4S. The van der Waals surface area contributed by atoms with Gasteiger partial charge in [0.05, 0.1) is 22.3 Å². The minimum Gasteiger partial charge on any atom is -0.276 e. The van der Waals surface area contributed by atoms with Gasteiger partial charge >= 0.3 is 0 Å². The smallest absolute Gasteiger partial charge is 0.232 e. The third-order valence-electron chi connectivity index (χ3n) is 8.96. The molecule has 2 heterocycles. The van der Waals surface area contributed by atoms with Crippen molar-refractivity contribution >= 4 is 93.4 Å². The van der Waals surface area contributed by atoms with Gasteiger partial charge in [-0.3, -0.25) is 4.57 Å². The minimum atomic E-state index is 0.466. The van der Waals surface area contributed by atoms with Crippen LogP contribution in [-0.2, 0) is 6.54 Å². The maximum absolute atomic E-state index is 5.31. The zero-order chi connectivity index (χ0) is 31.3. The van der Waals surface area contributed by atoms with Crippen molar-refractivity contribution in [2.75, 3.05) is 0 Å². The fraction of sp³-hybridized carbons (Fsp3) is 0.0238. The van der Waals surface area contributed by atoms with Crippen molar-refractivity contribution in [2.24, 2.45) is 15.0 Å². The van der Waals surface area contributed by atoms with Gasteiger partial charge in [0, 0.05) is 37.2 Å².